The quantitative estimate of drug-likeness (QED) is 0.772. The molecule has 1 heterocycles. The van der Waals surface area contributed by atoms with Gasteiger partial charge in [0.15, 0.2) is 0 Å². The molecule has 0 amide bonds. The molecule has 116 valence electrons. The van der Waals surface area contributed by atoms with E-state index in [0.29, 0.717) is 11.5 Å². The van der Waals surface area contributed by atoms with E-state index in [0.717, 1.165) is 19.2 Å². The van der Waals surface area contributed by atoms with Crippen LogP contribution in [0.5, 0.6) is 0 Å². The zero-order chi connectivity index (χ0) is 14.0. The van der Waals surface area contributed by atoms with E-state index in [4.69, 9.17) is 4.74 Å². The third-order valence-corrected chi connectivity index (χ3v) is 5.38. The predicted octanol–water partition coefficient (Wildman–Crippen LogP) is 1.38. The van der Waals surface area contributed by atoms with Crippen LogP contribution in [0.25, 0.3) is 0 Å². The molecule has 0 spiro atoms. The van der Waals surface area contributed by atoms with Gasteiger partial charge in [0.05, 0.1) is 19.3 Å². The number of rotatable bonds is 6. The lowest BCUT2D eigenvalue weighted by Gasteiger charge is -2.43. The van der Waals surface area contributed by atoms with Gasteiger partial charge in [-0.25, -0.2) is 0 Å². The Labute approximate surface area is 122 Å². The van der Waals surface area contributed by atoms with Crippen LogP contribution in [0.2, 0.25) is 0 Å². The molecule has 1 aliphatic heterocycles. The first-order chi connectivity index (χ1) is 9.71. The minimum Gasteiger partial charge on any atom is -0.394 e. The highest BCUT2D eigenvalue weighted by Crippen LogP contribution is 2.39. The van der Waals surface area contributed by atoms with Gasteiger partial charge in [-0.3, -0.25) is 4.90 Å². The Morgan fingerprint density at radius 1 is 1.30 bits per heavy atom. The fourth-order valence-electron chi connectivity index (χ4n) is 3.80. The van der Waals surface area contributed by atoms with Gasteiger partial charge in [-0.1, -0.05) is 12.8 Å². The highest BCUT2D eigenvalue weighted by molar-refractivity contribution is 4.94. The molecule has 0 aromatic carbocycles. The maximum absolute atomic E-state index is 9.34. The largest absolute Gasteiger partial charge is 0.394 e. The van der Waals surface area contributed by atoms with Crippen molar-refractivity contribution in [2.75, 3.05) is 32.8 Å². The van der Waals surface area contributed by atoms with Crippen molar-refractivity contribution in [1.82, 2.24) is 10.2 Å². The summed E-state index contributed by atoms with van der Waals surface area (Å²) in [7, 11) is 0. The van der Waals surface area contributed by atoms with E-state index in [-0.39, 0.29) is 12.7 Å². The van der Waals surface area contributed by atoms with Gasteiger partial charge in [0.1, 0.15) is 0 Å². The summed E-state index contributed by atoms with van der Waals surface area (Å²) in [6.45, 7) is 6.42. The molecule has 0 bridgehead atoms. The van der Waals surface area contributed by atoms with Crippen LogP contribution in [0.3, 0.4) is 0 Å². The van der Waals surface area contributed by atoms with Crippen molar-refractivity contribution in [3.05, 3.63) is 0 Å². The minimum absolute atomic E-state index is 0.0149. The fraction of sp³-hybridized carbons (Fsp3) is 1.00. The first-order valence-corrected chi connectivity index (χ1v) is 8.41. The molecule has 20 heavy (non-hydrogen) atoms. The highest BCUT2D eigenvalue weighted by Gasteiger charge is 2.39. The number of ether oxygens (including phenoxy) is 1. The summed E-state index contributed by atoms with van der Waals surface area (Å²) >= 11 is 0. The fourth-order valence-corrected chi connectivity index (χ4v) is 3.80. The van der Waals surface area contributed by atoms with Crippen LogP contribution >= 0.6 is 0 Å². The van der Waals surface area contributed by atoms with E-state index in [1.165, 1.54) is 51.6 Å². The van der Waals surface area contributed by atoms with Crippen molar-refractivity contribution < 1.29 is 9.84 Å². The number of aliphatic hydroxyl groups is 1. The Morgan fingerprint density at radius 2 is 2.05 bits per heavy atom. The Bertz CT molecular complexity index is 314. The second-order valence-electron chi connectivity index (χ2n) is 7.28. The van der Waals surface area contributed by atoms with Gasteiger partial charge < -0.3 is 15.2 Å². The third-order valence-electron chi connectivity index (χ3n) is 5.38. The Kier molecular flexibility index (Phi) is 4.65. The van der Waals surface area contributed by atoms with E-state index in [2.05, 4.69) is 17.1 Å². The first-order valence-electron chi connectivity index (χ1n) is 8.41. The summed E-state index contributed by atoms with van der Waals surface area (Å²) in [6, 6.07) is 1.29. The van der Waals surface area contributed by atoms with Crippen molar-refractivity contribution in [2.24, 2.45) is 5.41 Å². The Hall–Kier alpha value is -0.160. The number of nitrogens with zero attached hydrogens (tertiary/aromatic N) is 1. The monoisotopic (exact) mass is 282 g/mol. The standard InChI is InChI=1S/C16H30N2O2/c1-13-10-20-15(9-19)8-18(13)12-16(6-2-3-7-16)11-17-14-4-5-14/h13-15,17,19H,2-12H2,1H3. The van der Waals surface area contributed by atoms with Crippen LogP contribution < -0.4 is 5.32 Å². The molecular weight excluding hydrogens is 252 g/mol. The summed E-state index contributed by atoms with van der Waals surface area (Å²) in [5, 5.41) is 13.1. The molecule has 3 rings (SSSR count). The summed E-state index contributed by atoms with van der Waals surface area (Å²) in [6.07, 6.45) is 8.25. The summed E-state index contributed by atoms with van der Waals surface area (Å²) in [5.74, 6) is 0. The van der Waals surface area contributed by atoms with E-state index in [1.807, 2.05) is 0 Å². The second kappa shape index (κ2) is 6.30. The summed E-state index contributed by atoms with van der Waals surface area (Å²) in [5.41, 5.74) is 0.466. The van der Waals surface area contributed by atoms with Gasteiger partial charge in [0, 0.05) is 31.7 Å². The molecule has 1 saturated heterocycles. The molecule has 2 N–H and O–H groups in total. The summed E-state index contributed by atoms with van der Waals surface area (Å²) < 4.78 is 5.67. The van der Waals surface area contributed by atoms with Crippen molar-refractivity contribution in [3.8, 4) is 0 Å². The van der Waals surface area contributed by atoms with Crippen LogP contribution in [0.4, 0.5) is 0 Å². The zero-order valence-corrected chi connectivity index (χ0v) is 12.8. The van der Waals surface area contributed by atoms with Crippen LogP contribution in [-0.4, -0.2) is 61.0 Å². The minimum atomic E-state index is 0.0149. The zero-order valence-electron chi connectivity index (χ0n) is 12.8. The molecule has 2 atom stereocenters. The van der Waals surface area contributed by atoms with Crippen LogP contribution in [0.1, 0.15) is 45.4 Å². The number of nitrogens with one attached hydrogen (secondary N) is 1. The predicted molar refractivity (Wildman–Crippen MR) is 79.8 cm³/mol. The second-order valence-corrected chi connectivity index (χ2v) is 7.28. The highest BCUT2D eigenvalue weighted by atomic mass is 16.5. The van der Waals surface area contributed by atoms with E-state index in [9.17, 15) is 5.11 Å². The number of aliphatic hydroxyl groups excluding tert-OH is 1. The van der Waals surface area contributed by atoms with Crippen molar-refractivity contribution in [2.45, 2.75) is 63.6 Å². The van der Waals surface area contributed by atoms with Crippen LogP contribution in [0.15, 0.2) is 0 Å². The Balaban J connectivity index is 1.59. The van der Waals surface area contributed by atoms with E-state index < -0.39 is 0 Å². The number of hydrogen-bond acceptors (Lipinski definition) is 4. The average Bonchev–Trinajstić information content (AvgIpc) is 3.19. The maximum Gasteiger partial charge on any atom is 0.0933 e. The van der Waals surface area contributed by atoms with Gasteiger partial charge in [-0.05, 0) is 38.0 Å². The molecule has 2 saturated carbocycles. The first kappa shape index (κ1) is 14.8. The van der Waals surface area contributed by atoms with Crippen LogP contribution in [-0.2, 0) is 4.74 Å². The molecule has 0 aromatic heterocycles. The maximum atomic E-state index is 9.34. The molecule has 4 nitrogen and oxygen atoms in total. The molecule has 0 aromatic rings. The molecule has 2 unspecified atom stereocenters. The molecule has 0 radical (unpaired) electrons. The molecule has 3 aliphatic rings. The van der Waals surface area contributed by atoms with Crippen molar-refractivity contribution >= 4 is 0 Å². The molecule has 3 fully saturated rings. The van der Waals surface area contributed by atoms with Gasteiger partial charge >= 0.3 is 0 Å². The molecular formula is C16H30N2O2. The number of morpholine rings is 1. The van der Waals surface area contributed by atoms with Crippen molar-refractivity contribution in [3.63, 3.8) is 0 Å². The van der Waals surface area contributed by atoms with Gasteiger partial charge in [-0.2, -0.15) is 0 Å². The average molecular weight is 282 g/mol. The topological polar surface area (TPSA) is 44.7 Å². The van der Waals surface area contributed by atoms with Crippen molar-refractivity contribution in [1.29, 1.82) is 0 Å². The third kappa shape index (κ3) is 3.53. The smallest absolute Gasteiger partial charge is 0.0933 e. The number of hydrogen-bond donors (Lipinski definition) is 2. The normalized spacial score (nSPS) is 34.5. The molecule has 4 heteroatoms. The lowest BCUT2D eigenvalue weighted by molar-refractivity contribution is -0.0877. The lowest BCUT2D eigenvalue weighted by atomic mass is 9.84. The SMILES string of the molecule is CC1COC(CO)CN1CC1(CNC2CC2)CCCC1. The van der Waals surface area contributed by atoms with E-state index >= 15 is 0 Å². The Morgan fingerprint density at radius 3 is 2.70 bits per heavy atom. The van der Waals surface area contributed by atoms with Gasteiger partial charge in [-0.15, -0.1) is 0 Å². The van der Waals surface area contributed by atoms with E-state index in [1.54, 1.807) is 0 Å². The summed E-state index contributed by atoms with van der Waals surface area (Å²) in [4.78, 5) is 2.56. The van der Waals surface area contributed by atoms with Gasteiger partial charge in [0.2, 0.25) is 0 Å². The van der Waals surface area contributed by atoms with Crippen LogP contribution in [0, 0.1) is 5.41 Å². The molecule has 2 aliphatic carbocycles. The van der Waals surface area contributed by atoms with Gasteiger partial charge in [0.25, 0.3) is 0 Å². The lowest BCUT2D eigenvalue weighted by Crippen LogP contribution is -2.54.